The van der Waals surface area contributed by atoms with Crippen LogP contribution in [0.15, 0.2) is 23.2 Å². The minimum Gasteiger partial charge on any atom is -0.355 e. The molecule has 2 unspecified atom stereocenters. The van der Waals surface area contributed by atoms with E-state index in [-0.39, 0.29) is 6.04 Å². The molecule has 0 aliphatic carbocycles. The third kappa shape index (κ3) is 5.43. The van der Waals surface area contributed by atoms with Crippen molar-refractivity contribution in [3.05, 3.63) is 33.8 Å². The van der Waals surface area contributed by atoms with Gasteiger partial charge in [0.15, 0.2) is 5.96 Å². The third-order valence-corrected chi connectivity index (χ3v) is 4.69. The van der Waals surface area contributed by atoms with Crippen LogP contribution in [0.5, 0.6) is 0 Å². The average Bonchev–Trinajstić information content (AvgIpc) is 2.45. The maximum absolute atomic E-state index is 6.04. The van der Waals surface area contributed by atoms with Crippen molar-refractivity contribution in [2.45, 2.75) is 25.1 Å². The van der Waals surface area contributed by atoms with Gasteiger partial charge < -0.3 is 10.6 Å². The van der Waals surface area contributed by atoms with Gasteiger partial charge in [-0.25, -0.2) is 0 Å². The van der Waals surface area contributed by atoms with Gasteiger partial charge in [0.2, 0.25) is 0 Å². The number of guanidine groups is 1. The highest BCUT2D eigenvalue weighted by molar-refractivity contribution is 7.99. The van der Waals surface area contributed by atoms with Crippen LogP contribution in [-0.4, -0.2) is 31.1 Å². The number of hydrogen-bond donors (Lipinski definition) is 2. The number of thioether (sulfide) groups is 1. The molecule has 0 bridgehead atoms. The number of nitrogens with zero attached hydrogens (tertiary/aromatic N) is 1. The molecule has 0 radical (unpaired) electrons. The van der Waals surface area contributed by atoms with Crippen LogP contribution in [0.3, 0.4) is 0 Å². The van der Waals surface area contributed by atoms with E-state index in [9.17, 15) is 0 Å². The third-order valence-electron chi connectivity index (χ3n) is 2.98. The molecule has 0 saturated heterocycles. The molecule has 0 amide bonds. The second kappa shape index (κ2) is 8.65. The van der Waals surface area contributed by atoms with Crippen LogP contribution in [0.4, 0.5) is 0 Å². The Morgan fingerprint density at radius 2 is 2.00 bits per heavy atom. The zero-order valence-corrected chi connectivity index (χ0v) is 14.5. The van der Waals surface area contributed by atoms with Gasteiger partial charge >= 0.3 is 0 Å². The topological polar surface area (TPSA) is 36.4 Å². The van der Waals surface area contributed by atoms with Crippen molar-refractivity contribution < 1.29 is 0 Å². The van der Waals surface area contributed by atoms with E-state index in [0.29, 0.717) is 15.3 Å². The smallest absolute Gasteiger partial charge is 0.191 e. The summed E-state index contributed by atoms with van der Waals surface area (Å²) in [6, 6.07) is 5.74. The Bertz CT molecular complexity index is 466. The van der Waals surface area contributed by atoms with Crippen molar-refractivity contribution >= 4 is 40.9 Å². The largest absolute Gasteiger partial charge is 0.355 e. The fourth-order valence-corrected chi connectivity index (χ4v) is 2.15. The Hall–Kier alpha value is -0.580. The van der Waals surface area contributed by atoms with E-state index >= 15 is 0 Å². The lowest BCUT2D eigenvalue weighted by atomic mass is 10.1. The summed E-state index contributed by atoms with van der Waals surface area (Å²) in [5, 5.41) is 8.31. The van der Waals surface area contributed by atoms with Gasteiger partial charge in [-0.05, 0) is 30.9 Å². The zero-order valence-electron chi connectivity index (χ0n) is 12.2. The van der Waals surface area contributed by atoms with Crippen LogP contribution in [-0.2, 0) is 0 Å². The van der Waals surface area contributed by atoms with Crippen molar-refractivity contribution in [3.63, 3.8) is 0 Å². The van der Waals surface area contributed by atoms with E-state index in [1.54, 1.807) is 7.05 Å². The van der Waals surface area contributed by atoms with Gasteiger partial charge in [0.05, 0.1) is 16.1 Å². The average molecular weight is 334 g/mol. The van der Waals surface area contributed by atoms with Gasteiger partial charge in [-0.1, -0.05) is 36.2 Å². The molecule has 0 aliphatic heterocycles. The van der Waals surface area contributed by atoms with Crippen molar-refractivity contribution in [1.82, 2.24) is 10.6 Å². The molecule has 20 heavy (non-hydrogen) atoms. The van der Waals surface area contributed by atoms with Crippen molar-refractivity contribution in [2.24, 2.45) is 4.99 Å². The van der Waals surface area contributed by atoms with Gasteiger partial charge in [0, 0.05) is 18.8 Å². The predicted molar refractivity (Wildman–Crippen MR) is 92.4 cm³/mol. The number of rotatable bonds is 5. The normalized spacial score (nSPS) is 14.8. The van der Waals surface area contributed by atoms with Crippen LogP contribution in [0.25, 0.3) is 0 Å². The second-order valence-corrected chi connectivity index (χ2v) is 6.63. The molecule has 0 aliphatic rings. The van der Waals surface area contributed by atoms with Gasteiger partial charge in [0.1, 0.15) is 0 Å². The Morgan fingerprint density at radius 3 is 2.55 bits per heavy atom. The lowest BCUT2D eigenvalue weighted by molar-refractivity contribution is 0.684. The number of benzene rings is 1. The summed E-state index contributed by atoms with van der Waals surface area (Å²) in [4.78, 5) is 4.23. The molecular weight excluding hydrogens is 313 g/mol. The summed E-state index contributed by atoms with van der Waals surface area (Å²) in [7, 11) is 1.76. The highest BCUT2D eigenvalue weighted by Gasteiger charge is 2.10. The van der Waals surface area contributed by atoms with E-state index in [2.05, 4.69) is 35.7 Å². The molecule has 2 atom stereocenters. The molecule has 0 saturated carbocycles. The molecule has 2 N–H and O–H groups in total. The first kappa shape index (κ1) is 17.5. The maximum Gasteiger partial charge on any atom is 0.191 e. The highest BCUT2D eigenvalue weighted by Crippen LogP contribution is 2.25. The van der Waals surface area contributed by atoms with Gasteiger partial charge in [-0.2, -0.15) is 11.8 Å². The van der Waals surface area contributed by atoms with Gasteiger partial charge in [0.25, 0.3) is 0 Å². The summed E-state index contributed by atoms with van der Waals surface area (Å²) in [5.74, 6) is 0.782. The molecule has 1 aromatic rings. The number of hydrogen-bond acceptors (Lipinski definition) is 2. The van der Waals surface area contributed by atoms with Crippen molar-refractivity contribution in [1.29, 1.82) is 0 Å². The minimum absolute atomic E-state index is 0.0977. The van der Waals surface area contributed by atoms with Crippen LogP contribution < -0.4 is 10.6 Å². The first-order valence-corrected chi connectivity index (χ1v) is 8.47. The van der Waals surface area contributed by atoms with Crippen molar-refractivity contribution in [2.75, 3.05) is 19.8 Å². The fraction of sp³-hybridized carbons (Fsp3) is 0.500. The quantitative estimate of drug-likeness (QED) is 0.632. The SMILES string of the molecule is CN=C(NCC(C)SC)NC(C)c1ccc(Cl)c(Cl)c1. The van der Waals surface area contributed by atoms with Crippen molar-refractivity contribution in [3.8, 4) is 0 Å². The first-order valence-electron chi connectivity index (χ1n) is 6.42. The molecule has 3 nitrogen and oxygen atoms in total. The monoisotopic (exact) mass is 333 g/mol. The molecule has 112 valence electrons. The number of nitrogens with one attached hydrogen (secondary N) is 2. The predicted octanol–water partition coefficient (Wildman–Crippen LogP) is 3.97. The Balaban J connectivity index is 2.63. The molecule has 1 rings (SSSR count). The second-order valence-electron chi connectivity index (χ2n) is 4.54. The van der Waals surface area contributed by atoms with Crippen LogP contribution in [0, 0.1) is 0 Å². The molecule has 6 heteroatoms. The van der Waals surface area contributed by atoms with E-state index < -0.39 is 0 Å². The summed E-state index contributed by atoms with van der Waals surface area (Å²) < 4.78 is 0. The summed E-state index contributed by atoms with van der Waals surface area (Å²) in [5.41, 5.74) is 1.07. The van der Waals surface area contributed by atoms with E-state index in [1.165, 1.54) is 0 Å². The Labute approximate surface area is 135 Å². The lowest BCUT2D eigenvalue weighted by Crippen LogP contribution is -2.41. The summed E-state index contributed by atoms with van der Waals surface area (Å²) >= 11 is 13.8. The minimum atomic E-state index is 0.0977. The van der Waals surface area contributed by atoms with E-state index in [1.807, 2.05) is 30.0 Å². The van der Waals surface area contributed by atoms with Crippen LogP contribution in [0.2, 0.25) is 10.0 Å². The van der Waals surface area contributed by atoms with Crippen LogP contribution >= 0.6 is 35.0 Å². The summed E-state index contributed by atoms with van der Waals surface area (Å²) in [6.07, 6.45) is 2.10. The van der Waals surface area contributed by atoms with E-state index in [4.69, 9.17) is 23.2 Å². The molecule has 1 aromatic carbocycles. The molecule has 0 fully saturated rings. The maximum atomic E-state index is 6.04. The Kier molecular flexibility index (Phi) is 7.56. The van der Waals surface area contributed by atoms with E-state index in [0.717, 1.165) is 18.1 Å². The highest BCUT2D eigenvalue weighted by atomic mass is 35.5. The zero-order chi connectivity index (χ0) is 15.1. The number of halogens is 2. The van der Waals surface area contributed by atoms with Gasteiger partial charge in [-0.3, -0.25) is 4.99 Å². The number of aliphatic imine (C=N–C) groups is 1. The summed E-state index contributed by atoms with van der Waals surface area (Å²) in [6.45, 7) is 5.10. The molecule has 0 aromatic heterocycles. The first-order chi connectivity index (χ1) is 9.47. The molecule has 0 spiro atoms. The molecule has 0 heterocycles. The Morgan fingerprint density at radius 1 is 1.30 bits per heavy atom. The molecular formula is C14H21Cl2N3S. The standard InChI is InChI=1S/C14H21Cl2N3S/c1-9(20-4)8-18-14(17-3)19-10(2)11-5-6-12(15)13(16)7-11/h5-7,9-10H,8H2,1-4H3,(H2,17,18,19). The lowest BCUT2D eigenvalue weighted by Gasteiger charge is -2.20. The fourth-order valence-electron chi connectivity index (χ4n) is 1.59. The van der Waals surface area contributed by atoms with Gasteiger partial charge in [-0.15, -0.1) is 0 Å². The van der Waals surface area contributed by atoms with Crippen LogP contribution in [0.1, 0.15) is 25.5 Å².